The highest BCUT2D eigenvalue weighted by molar-refractivity contribution is 7.89. The molecule has 8 nitrogen and oxygen atoms in total. The largest absolute Gasteiger partial charge is 0.479 e. The molecule has 2 amide bonds. The van der Waals surface area contributed by atoms with Crippen molar-refractivity contribution < 1.29 is 22.7 Å². The Kier molecular flexibility index (Phi) is 5.72. The molecule has 0 radical (unpaired) electrons. The number of sulfonamides is 1. The average molecular weight is 444 g/mol. The van der Waals surface area contributed by atoms with Gasteiger partial charge in [-0.2, -0.15) is 4.31 Å². The van der Waals surface area contributed by atoms with E-state index in [2.05, 4.69) is 10.6 Å². The number of hydrogen-bond acceptors (Lipinski definition) is 5. The van der Waals surface area contributed by atoms with Gasteiger partial charge in [-0.3, -0.25) is 9.59 Å². The first kappa shape index (κ1) is 21.3. The summed E-state index contributed by atoms with van der Waals surface area (Å²) in [6.07, 6.45) is 0.520. The Bertz CT molecular complexity index is 1120. The van der Waals surface area contributed by atoms with Gasteiger partial charge in [0, 0.05) is 24.8 Å². The Labute approximate surface area is 181 Å². The number of hydrogen-bond donors (Lipinski definition) is 2. The molecule has 0 spiro atoms. The molecule has 2 N–H and O–H groups in total. The Morgan fingerprint density at radius 2 is 1.97 bits per heavy atom. The van der Waals surface area contributed by atoms with Crippen LogP contribution in [0.4, 0.5) is 11.4 Å². The molecule has 0 bridgehead atoms. The maximum Gasteiger partial charge on any atom is 0.265 e. The molecule has 2 atom stereocenters. The van der Waals surface area contributed by atoms with Crippen molar-refractivity contribution in [3.8, 4) is 5.75 Å². The second-order valence-corrected chi connectivity index (χ2v) is 9.83. The van der Waals surface area contributed by atoms with Crippen LogP contribution in [0.3, 0.4) is 0 Å². The lowest BCUT2D eigenvalue weighted by atomic mass is 9.99. The van der Waals surface area contributed by atoms with Gasteiger partial charge in [0.25, 0.3) is 5.91 Å². The van der Waals surface area contributed by atoms with Crippen LogP contribution in [0.5, 0.6) is 5.75 Å². The predicted molar refractivity (Wildman–Crippen MR) is 116 cm³/mol. The number of ether oxygens (including phenoxy) is 1. The van der Waals surface area contributed by atoms with E-state index in [-0.39, 0.29) is 23.3 Å². The summed E-state index contributed by atoms with van der Waals surface area (Å²) in [4.78, 5) is 24.7. The molecule has 2 aromatic carbocycles. The highest BCUT2D eigenvalue weighted by Gasteiger charge is 2.35. The second-order valence-electron chi connectivity index (χ2n) is 7.92. The number of nitrogens with zero attached hydrogens (tertiary/aromatic N) is 1. The average Bonchev–Trinajstić information content (AvgIpc) is 2.75. The molecule has 1 fully saturated rings. The van der Waals surface area contributed by atoms with Crippen molar-refractivity contribution in [3.05, 3.63) is 48.0 Å². The Hall–Kier alpha value is -2.91. The number of piperidine rings is 1. The summed E-state index contributed by atoms with van der Waals surface area (Å²) in [5, 5.41) is 5.59. The third-order valence-corrected chi connectivity index (χ3v) is 7.63. The van der Waals surface area contributed by atoms with Crippen LogP contribution in [0.25, 0.3) is 0 Å². The van der Waals surface area contributed by atoms with Gasteiger partial charge >= 0.3 is 0 Å². The van der Waals surface area contributed by atoms with Gasteiger partial charge in [0.05, 0.1) is 16.5 Å². The molecule has 2 aliphatic rings. The topological polar surface area (TPSA) is 105 Å². The summed E-state index contributed by atoms with van der Waals surface area (Å²) in [5.74, 6) is -0.567. The Balaban J connectivity index is 1.55. The van der Waals surface area contributed by atoms with E-state index in [1.807, 2.05) is 18.2 Å². The minimum atomic E-state index is -3.84. The number of fused-ring (bicyclic) bond motifs is 1. The van der Waals surface area contributed by atoms with E-state index in [1.165, 1.54) is 10.4 Å². The summed E-state index contributed by atoms with van der Waals surface area (Å²) in [5.41, 5.74) is 1.65. The quantitative estimate of drug-likeness (QED) is 0.756. The monoisotopic (exact) mass is 443 g/mol. The van der Waals surface area contributed by atoms with Crippen LogP contribution in [0.1, 0.15) is 25.3 Å². The lowest BCUT2D eigenvalue weighted by Gasteiger charge is -2.32. The smallest absolute Gasteiger partial charge is 0.265 e. The van der Waals surface area contributed by atoms with Crippen molar-refractivity contribution in [2.24, 2.45) is 5.92 Å². The van der Waals surface area contributed by atoms with Crippen LogP contribution in [0, 0.1) is 12.8 Å². The molecule has 2 aromatic rings. The lowest BCUT2D eigenvalue weighted by Crippen LogP contribution is -2.44. The van der Waals surface area contributed by atoms with E-state index in [1.54, 1.807) is 32.0 Å². The maximum atomic E-state index is 13.4. The molecular weight excluding hydrogens is 418 g/mol. The number of anilines is 2. The third kappa shape index (κ3) is 4.28. The number of carbonyl (C=O) groups excluding carboxylic acids is 2. The van der Waals surface area contributed by atoms with Crippen molar-refractivity contribution in [1.29, 1.82) is 0 Å². The maximum absolute atomic E-state index is 13.4. The van der Waals surface area contributed by atoms with E-state index < -0.39 is 22.0 Å². The van der Waals surface area contributed by atoms with Crippen molar-refractivity contribution >= 4 is 33.2 Å². The van der Waals surface area contributed by atoms with Crippen LogP contribution in [-0.4, -0.2) is 43.7 Å². The van der Waals surface area contributed by atoms with Crippen LogP contribution < -0.4 is 15.4 Å². The van der Waals surface area contributed by atoms with Gasteiger partial charge in [-0.1, -0.05) is 18.2 Å². The molecule has 0 aromatic heterocycles. The second kappa shape index (κ2) is 8.32. The van der Waals surface area contributed by atoms with E-state index >= 15 is 0 Å². The molecule has 4 rings (SSSR count). The summed E-state index contributed by atoms with van der Waals surface area (Å²) in [6.45, 7) is 3.75. The molecular formula is C22H25N3O5S. The van der Waals surface area contributed by atoms with E-state index in [0.717, 1.165) is 0 Å². The highest BCUT2D eigenvalue weighted by Crippen LogP contribution is 2.36. The van der Waals surface area contributed by atoms with Crippen molar-refractivity contribution in [1.82, 2.24) is 4.31 Å². The molecule has 0 saturated carbocycles. The van der Waals surface area contributed by atoms with Crippen LogP contribution in [0.2, 0.25) is 0 Å². The fourth-order valence-corrected chi connectivity index (χ4v) is 5.65. The first-order valence-electron chi connectivity index (χ1n) is 10.2. The fourth-order valence-electron chi connectivity index (χ4n) is 3.90. The predicted octanol–water partition coefficient (Wildman–Crippen LogP) is 2.75. The number of carbonyl (C=O) groups is 2. The Morgan fingerprint density at radius 3 is 2.71 bits per heavy atom. The van der Waals surface area contributed by atoms with Crippen LogP contribution in [0.15, 0.2) is 47.4 Å². The van der Waals surface area contributed by atoms with E-state index in [9.17, 15) is 18.0 Å². The number of para-hydroxylation sites is 1. The van der Waals surface area contributed by atoms with Gasteiger partial charge in [0.1, 0.15) is 5.75 Å². The first-order chi connectivity index (χ1) is 14.8. The van der Waals surface area contributed by atoms with Gasteiger partial charge in [-0.15, -0.1) is 0 Å². The zero-order chi connectivity index (χ0) is 22.2. The molecule has 2 aliphatic heterocycles. The number of rotatable bonds is 4. The van der Waals surface area contributed by atoms with Crippen molar-refractivity contribution in [3.63, 3.8) is 0 Å². The van der Waals surface area contributed by atoms with Crippen molar-refractivity contribution in [2.75, 3.05) is 23.7 Å². The van der Waals surface area contributed by atoms with Gasteiger partial charge in [-0.05, 0) is 50.5 Å². The van der Waals surface area contributed by atoms with Gasteiger partial charge in [0.15, 0.2) is 6.10 Å². The molecule has 0 aliphatic carbocycles. The van der Waals surface area contributed by atoms with Crippen LogP contribution >= 0.6 is 0 Å². The van der Waals surface area contributed by atoms with Gasteiger partial charge in [-0.25, -0.2) is 8.42 Å². The zero-order valence-corrected chi connectivity index (χ0v) is 18.2. The molecule has 1 saturated heterocycles. The fraction of sp³-hybridized carbons (Fsp3) is 0.364. The summed E-state index contributed by atoms with van der Waals surface area (Å²) >= 11 is 0. The van der Waals surface area contributed by atoms with Crippen LogP contribution in [-0.2, 0) is 19.6 Å². The normalized spacial score (nSPS) is 21.5. The SMILES string of the molecule is Cc1cc2c(cc1S(=O)(=O)N1CCC[C@H](C(=O)Nc3ccccc3)C1)O[C@@H](C)C(=O)N2. The molecule has 9 heteroatoms. The van der Waals surface area contributed by atoms with E-state index in [0.29, 0.717) is 42.1 Å². The minimum absolute atomic E-state index is 0.117. The Morgan fingerprint density at radius 1 is 1.23 bits per heavy atom. The lowest BCUT2D eigenvalue weighted by molar-refractivity contribution is -0.123. The number of amides is 2. The molecule has 164 valence electrons. The highest BCUT2D eigenvalue weighted by atomic mass is 32.2. The zero-order valence-electron chi connectivity index (χ0n) is 17.4. The summed E-state index contributed by atoms with van der Waals surface area (Å²) < 4.78 is 33.8. The third-order valence-electron chi connectivity index (χ3n) is 5.62. The molecule has 0 unspecified atom stereocenters. The van der Waals surface area contributed by atoms with Crippen molar-refractivity contribution in [2.45, 2.75) is 37.7 Å². The molecule has 2 heterocycles. The number of aryl methyl sites for hydroxylation is 1. The standard InChI is InChI=1S/C22H25N3O5S/c1-14-11-18-19(30-15(2)21(26)24-18)12-20(14)31(28,29)25-10-6-7-16(13-25)22(27)23-17-8-4-3-5-9-17/h3-5,8-9,11-12,15-16H,6-7,10,13H2,1-2H3,(H,23,27)(H,24,26)/t15-,16-/m0/s1. The first-order valence-corrected chi connectivity index (χ1v) is 11.7. The van der Waals surface area contributed by atoms with E-state index in [4.69, 9.17) is 4.74 Å². The summed E-state index contributed by atoms with van der Waals surface area (Å²) in [6, 6.07) is 12.2. The minimum Gasteiger partial charge on any atom is -0.479 e. The number of benzene rings is 2. The van der Waals surface area contributed by atoms with Gasteiger partial charge < -0.3 is 15.4 Å². The number of nitrogens with one attached hydrogen (secondary N) is 2. The van der Waals surface area contributed by atoms with Gasteiger partial charge in [0.2, 0.25) is 15.9 Å². The summed E-state index contributed by atoms with van der Waals surface area (Å²) in [7, 11) is -3.84. The molecule has 31 heavy (non-hydrogen) atoms.